The molecule has 1 fully saturated rings. The number of carboxylic acid groups (broad SMARTS) is 1. The molecule has 0 radical (unpaired) electrons. The van der Waals surface area contributed by atoms with Crippen LogP contribution in [0, 0.1) is 13.8 Å². The molecule has 132 valence electrons. The van der Waals surface area contributed by atoms with Crippen molar-refractivity contribution in [3.05, 3.63) is 29.3 Å². The molecule has 24 heavy (non-hydrogen) atoms. The van der Waals surface area contributed by atoms with E-state index < -0.39 is 23.7 Å². The number of benzene rings is 1. The first-order valence-corrected chi connectivity index (χ1v) is 8.03. The lowest BCUT2D eigenvalue weighted by atomic mass is 10.1. The van der Waals surface area contributed by atoms with E-state index in [-0.39, 0.29) is 19.1 Å². The Balaban J connectivity index is 2.13. The largest absolute Gasteiger partial charge is 0.488 e. The molecule has 2 rings (SSSR count). The van der Waals surface area contributed by atoms with E-state index in [0.717, 1.165) is 16.9 Å². The van der Waals surface area contributed by atoms with Crippen LogP contribution in [-0.2, 0) is 9.53 Å². The number of carbonyl (C=O) groups excluding carboxylic acids is 1. The maximum absolute atomic E-state index is 12.3. The second-order valence-electron chi connectivity index (χ2n) is 7.23. The lowest BCUT2D eigenvalue weighted by Crippen LogP contribution is -2.43. The van der Waals surface area contributed by atoms with Crippen LogP contribution in [0.2, 0.25) is 0 Å². The molecular weight excluding hydrogens is 310 g/mol. The standard InChI is InChI=1S/C18H25NO5/c1-11-6-7-12(2)15(8-11)23-13-9-14(16(20)21)19(10-13)17(22)24-18(3,4)5/h6-8,13-14H,9-10H2,1-5H3,(H,20,21)/t13-,14-/m1/s1. The second-order valence-corrected chi connectivity index (χ2v) is 7.23. The molecule has 1 aromatic carbocycles. The third-order valence-electron chi connectivity index (χ3n) is 3.81. The van der Waals surface area contributed by atoms with Gasteiger partial charge in [0.05, 0.1) is 6.54 Å². The first-order valence-electron chi connectivity index (χ1n) is 8.03. The van der Waals surface area contributed by atoms with Gasteiger partial charge in [0.1, 0.15) is 23.5 Å². The van der Waals surface area contributed by atoms with Crippen LogP contribution < -0.4 is 4.74 Å². The highest BCUT2D eigenvalue weighted by atomic mass is 16.6. The molecule has 0 saturated carbocycles. The maximum atomic E-state index is 12.3. The molecule has 6 nitrogen and oxygen atoms in total. The number of rotatable bonds is 3. The number of hydrogen-bond donors (Lipinski definition) is 1. The van der Waals surface area contributed by atoms with Crippen molar-refractivity contribution in [3.8, 4) is 5.75 Å². The molecule has 1 aliphatic rings. The van der Waals surface area contributed by atoms with Gasteiger partial charge in [0.2, 0.25) is 0 Å². The summed E-state index contributed by atoms with van der Waals surface area (Å²) < 4.78 is 11.3. The Hall–Kier alpha value is -2.24. The predicted octanol–water partition coefficient (Wildman–Crippen LogP) is 3.14. The highest BCUT2D eigenvalue weighted by Crippen LogP contribution is 2.27. The number of carboxylic acids is 1. The SMILES string of the molecule is Cc1ccc(C)c(O[C@@H]2C[C@H](C(=O)O)N(C(=O)OC(C)(C)C)C2)c1. The van der Waals surface area contributed by atoms with Crippen LogP contribution in [0.15, 0.2) is 18.2 Å². The molecule has 1 saturated heterocycles. The fraction of sp³-hybridized carbons (Fsp3) is 0.556. The van der Waals surface area contributed by atoms with Gasteiger partial charge in [-0.25, -0.2) is 9.59 Å². The summed E-state index contributed by atoms with van der Waals surface area (Å²) in [4.78, 5) is 25.0. The Bertz CT molecular complexity index is 635. The molecule has 2 atom stereocenters. The van der Waals surface area contributed by atoms with Gasteiger partial charge in [0, 0.05) is 6.42 Å². The van der Waals surface area contributed by atoms with Crippen molar-refractivity contribution < 1.29 is 24.2 Å². The Kier molecular flexibility index (Phi) is 5.06. The van der Waals surface area contributed by atoms with Crippen LogP contribution in [0.1, 0.15) is 38.3 Å². The van der Waals surface area contributed by atoms with E-state index in [1.165, 1.54) is 4.90 Å². The van der Waals surface area contributed by atoms with Crippen molar-refractivity contribution in [2.24, 2.45) is 0 Å². The smallest absolute Gasteiger partial charge is 0.411 e. The zero-order chi connectivity index (χ0) is 18.1. The van der Waals surface area contributed by atoms with Gasteiger partial charge in [0.25, 0.3) is 0 Å². The van der Waals surface area contributed by atoms with E-state index >= 15 is 0 Å². The van der Waals surface area contributed by atoms with Gasteiger partial charge in [-0.2, -0.15) is 0 Å². The van der Waals surface area contributed by atoms with Crippen LogP contribution in [0.5, 0.6) is 5.75 Å². The van der Waals surface area contributed by atoms with E-state index in [0.29, 0.717) is 0 Å². The molecule has 1 amide bonds. The van der Waals surface area contributed by atoms with E-state index in [4.69, 9.17) is 9.47 Å². The van der Waals surface area contributed by atoms with Crippen molar-refractivity contribution in [1.82, 2.24) is 4.90 Å². The van der Waals surface area contributed by atoms with Crippen LogP contribution in [0.3, 0.4) is 0 Å². The third-order valence-corrected chi connectivity index (χ3v) is 3.81. The minimum absolute atomic E-state index is 0.194. The topological polar surface area (TPSA) is 76.1 Å². The van der Waals surface area contributed by atoms with Gasteiger partial charge in [-0.1, -0.05) is 12.1 Å². The molecular formula is C18H25NO5. The van der Waals surface area contributed by atoms with E-state index in [1.807, 2.05) is 32.0 Å². The molecule has 0 spiro atoms. The lowest BCUT2D eigenvalue weighted by Gasteiger charge is -2.26. The van der Waals surface area contributed by atoms with E-state index in [2.05, 4.69) is 0 Å². The quantitative estimate of drug-likeness (QED) is 0.918. The molecule has 0 aliphatic carbocycles. The highest BCUT2D eigenvalue weighted by Gasteiger charge is 2.42. The van der Waals surface area contributed by atoms with E-state index in [9.17, 15) is 14.7 Å². The number of aryl methyl sites for hydroxylation is 2. The number of hydrogen-bond acceptors (Lipinski definition) is 4. The predicted molar refractivity (Wildman–Crippen MR) is 89.3 cm³/mol. The summed E-state index contributed by atoms with van der Waals surface area (Å²) in [5.41, 5.74) is 1.36. The summed E-state index contributed by atoms with van der Waals surface area (Å²) in [6.07, 6.45) is -0.761. The summed E-state index contributed by atoms with van der Waals surface area (Å²) >= 11 is 0. The first-order chi connectivity index (χ1) is 11.1. The van der Waals surface area contributed by atoms with Crippen molar-refractivity contribution >= 4 is 12.1 Å². The number of aliphatic carboxylic acids is 1. The summed E-state index contributed by atoms with van der Waals surface area (Å²) in [6, 6.07) is 4.93. The minimum atomic E-state index is -1.05. The second kappa shape index (κ2) is 6.71. The lowest BCUT2D eigenvalue weighted by molar-refractivity contribution is -0.142. The number of likely N-dealkylation sites (tertiary alicyclic amines) is 1. The fourth-order valence-corrected chi connectivity index (χ4v) is 2.65. The maximum Gasteiger partial charge on any atom is 0.411 e. The molecule has 1 aromatic rings. The molecule has 0 aromatic heterocycles. The Morgan fingerprint density at radius 1 is 1.25 bits per heavy atom. The number of nitrogens with zero attached hydrogens (tertiary/aromatic N) is 1. The van der Waals surface area contributed by atoms with Gasteiger partial charge in [-0.15, -0.1) is 0 Å². The fourth-order valence-electron chi connectivity index (χ4n) is 2.65. The van der Waals surface area contributed by atoms with Crippen molar-refractivity contribution in [1.29, 1.82) is 0 Å². The van der Waals surface area contributed by atoms with Gasteiger partial charge >= 0.3 is 12.1 Å². The van der Waals surface area contributed by atoms with Gasteiger partial charge in [-0.3, -0.25) is 4.90 Å². The first kappa shape index (κ1) is 18.1. The number of carbonyl (C=O) groups is 2. The summed E-state index contributed by atoms with van der Waals surface area (Å²) in [7, 11) is 0. The monoisotopic (exact) mass is 335 g/mol. The zero-order valence-corrected chi connectivity index (χ0v) is 14.8. The molecule has 0 bridgehead atoms. The number of amides is 1. The molecule has 0 unspecified atom stereocenters. The Labute approximate surface area is 142 Å². The number of ether oxygens (including phenoxy) is 2. The van der Waals surface area contributed by atoms with Crippen molar-refractivity contribution in [2.75, 3.05) is 6.54 Å². The van der Waals surface area contributed by atoms with Gasteiger partial charge in [-0.05, 0) is 51.8 Å². The average molecular weight is 335 g/mol. The minimum Gasteiger partial charge on any atom is -0.488 e. The summed E-state index contributed by atoms with van der Waals surface area (Å²) in [6.45, 7) is 9.35. The van der Waals surface area contributed by atoms with E-state index in [1.54, 1.807) is 20.8 Å². The van der Waals surface area contributed by atoms with Crippen LogP contribution >= 0.6 is 0 Å². The summed E-state index contributed by atoms with van der Waals surface area (Å²) in [5.74, 6) is -0.330. The molecule has 6 heteroatoms. The molecule has 1 aliphatic heterocycles. The van der Waals surface area contributed by atoms with Crippen molar-refractivity contribution in [2.45, 2.75) is 58.8 Å². The average Bonchev–Trinajstić information content (AvgIpc) is 2.85. The van der Waals surface area contributed by atoms with Crippen LogP contribution in [-0.4, -0.2) is 46.4 Å². The van der Waals surface area contributed by atoms with Gasteiger partial charge < -0.3 is 14.6 Å². The van der Waals surface area contributed by atoms with Gasteiger partial charge in [0.15, 0.2) is 0 Å². The summed E-state index contributed by atoms with van der Waals surface area (Å²) in [5, 5.41) is 9.41. The molecule has 1 N–H and O–H groups in total. The highest BCUT2D eigenvalue weighted by molar-refractivity contribution is 5.81. The normalized spacial score (nSPS) is 20.8. The Morgan fingerprint density at radius 3 is 2.50 bits per heavy atom. The third kappa shape index (κ3) is 4.40. The van der Waals surface area contributed by atoms with Crippen LogP contribution in [0.4, 0.5) is 4.79 Å². The Morgan fingerprint density at radius 2 is 1.92 bits per heavy atom. The zero-order valence-electron chi connectivity index (χ0n) is 14.8. The van der Waals surface area contributed by atoms with Crippen molar-refractivity contribution in [3.63, 3.8) is 0 Å². The van der Waals surface area contributed by atoms with Crippen LogP contribution in [0.25, 0.3) is 0 Å². The molecule has 1 heterocycles.